The van der Waals surface area contributed by atoms with Crippen LogP contribution in [0.4, 0.5) is 11.4 Å². The van der Waals surface area contributed by atoms with Gasteiger partial charge in [0, 0.05) is 96.4 Å². The second-order valence-electron chi connectivity index (χ2n) is 21.2. The molecule has 0 spiro atoms. The normalized spacial score (nSPS) is 13.2. The summed E-state index contributed by atoms with van der Waals surface area (Å²) in [4.78, 5) is 92.5. The number of carbonyl (C=O) groups excluding carboxylic acids is 6. The molecule has 0 unspecified atom stereocenters. The Bertz CT molecular complexity index is 3690. The van der Waals surface area contributed by atoms with Gasteiger partial charge in [-0.3, -0.25) is 28.5 Å². The number of nitrogens with one attached hydrogen (secondary N) is 2. The molecule has 2 N–H and O–H groups in total. The fraction of sp³-hybridized carbons (Fsp3) is 0.355. The van der Waals surface area contributed by atoms with E-state index in [-0.39, 0.29) is 36.0 Å². The fourth-order valence-electron chi connectivity index (χ4n) is 10.0. The summed E-state index contributed by atoms with van der Waals surface area (Å²) in [6.45, 7) is 16.8. The van der Waals surface area contributed by atoms with Gasteiger partial charge in [-0.15, -0.1) is 20.3 Å². The first-order valence-electron chi connectivity index (χ1n) is 28.5. The number of anilines is 2. The van der Waals surface area contributed by atoms with E-state index in [2.05, 4.69) is 54.4 Å². The van der Waals surface area contributed by atoms with Gasteiger partial charge in [0.05, 0.1) is 34.9 Å². The molecule has 0 radical (unpaired) electrons. The molecule has 2 aliphatic rings. The quantitative estimate of drug-likeness (QED) is 0.0534. The first kappa shape index (κ1) is 59.0. The molecule has 2 aromatic carbocycles. The molecule has 10 rings (SSSR count). The second-order valence-corrected chi connectivity index (χ2v) is 21.2. The van der Waals surface area contributed by atoms with Gasteiger partial charge in [0.15, 0.2) is 0 Å². The Hall–Kier alpha value is -9.60. The van der Waals surface area contributed by atoms with E-state index < -0.39 is 5.97 Å². The molecule has 22 heteroatoms. The number of hydrogen-bond donors (Lipinski definition) is 2. The van der Waals surface area contributed by atoms with Gasteiger partial charge in [-0.2, -0.15) is 0 Å². The highest BCUT2D eigenvalue weighted by atomic mass is 16.7. The Balaban J connectivity index is 0.000000202. The molecule has 436 valence electrons. The molecule has 0 bridgehead atoms. The van der Waals surface area contributed by atoms with Crippen molar-refractivity contribution in [1.29, 1.82) is 0 Å². The molecule has 8 heterocycles. The molecule has 0 aliphatic carbocycles. The summed E-state index contributed by atoms with van der Waals surface area (Å²) >= 11 is 0. The molecule has 0 atom stereocenters. The molecular formula is C62H70N14O8. The van der Waals surface area contributed by atoms with Crippen LogP contribution in [-0.4, -0.2) is 94.5 Å². The number of nitrogens with zero attached hydrogens (tertiary/aromatic N) is 12. The monoisotopic (exact) mass is 1140 g/mol. The summed E-state index contributed by atoms with van der Waals surface area (Å²) in [5, 5.41) is 25.1. The fourth-order valence-corrected chi connectivity index (χ4v) is 10.0. The minimum atomic E-state index is -0.409. The Morgan fingerprint density at radius 3 is 1.27 bits per heavy atom. The van der Waals surface area contributed by atoms with Crippen molar-refractivity contribution in [2.75, 3.05) is 10.6 Å². The number of amides is 4. The standard InChI is InChI=1S/C32H37N7O4.C30H33N7O4/c1-22-20-24(3)38-19-17-27(31(38)33-22)32(42)34-26-14-12-25(13-15-26)28-21-37(36-35-28)18-9-7-5-4-6-8-10-30(41)43-39-23(2)11-16-29(39)40;1-20-18-22(3)36-17-15-25(29(36)31-20)30(40)32-24-12-10-23(11-13-24)26-19-35(34-33-26)16-7-5-4-6-8-28(39)41-37-21(2)9-14-27(37)38/h12-15,17,19-21H,2,4-11,16,18H2,1,3H3,(H,34,42);10-13,15,17-19H,2,4-9,14,16H2,1,3H3,(H,32,40). The van der Waals surface area contributed by atoms with Crippen LogP contribution in [0.2, 0.25) is 0 Å². The van der Waals surface area contributed by atoms with Crippen molar-refractivity contribution >= 4 is 58.2 Å². The molecular weight excluding hydrogens is 1070 g/mol. The topological polar surface area (TPSA) is 247 Å². The van der Waals surface area contributed by atoms with E-state index in [0.717, 1.165) is 120 Å². The van der Waals surface area contributed by atoms with Crippen molar-refractivity contribution < 1.29 is 38.4 Å². The summed E-state index contributed by atoms with van der Waals surface area (Å²) in [6, 6.07) is 22.6. The Kier molecular flexibility index (Phi) is 19.3. The van der Waals surface area contributed by atoms with E-state index in [4.69, 9.17) is 9.68 Å². The lowest BCUT2D eigenvalue weighted by Crippen LogP contribution is -2.26. The van der Waals surface area contributed by atoms with Crippen LogP contribution in [0, 0.1) is 27.7 Å². The summed E-state index contributed by atoms with van der Waals surface area (Å²) < 4.78 is 7.47. The molecule has 84 heavy (non-hydrogen) atoms. The SMILES string of the molecule is C=C1CCC(=O)N1OC(=O)CCCCCCCCn1cc(-c2ccc(NC(=O)c3ccn4c(C)cc(C)nc34)cc2)nn1.C=C1CCC(=O)N1OC(=O)CCCCCCn1cc(-c2ccc(NC(=O)c3ccn4c(C)cc(C)nc34)cc2)nn1. The third-order valence-corrected chi connectivity index (χ3v) is 14.5. The van der Waals surface area contributed by atoms with E-state index in [1.54, 1.807) is 16.8 Å². The highest BCUT2D eigenvalue weighted by Crippen LogP contribution is 2.26. The van der Waals surface area contributed by atoms with Crippen molar-refractivity contribution in [1.82, 2.24) is 58.9 Å². The van der Waals surface area contributed by atoms with E-state index in [9.17, 15) is 28.8 Å². The number of benzene rings is 2. The zero-order chi connectivity index (χ0) is 59.3. The molecule has 8 aromatic rings. The number of aryl methyl sites for hydroxylation is 6. The van der Waals surface area contributed by atoms with Crippen LogP contribution in [0.15, 0.2) is 122 Å². The highest BCUT2D eigenvalue weighted by Gasteiger charge is 2.29. The largest absolute Gasteiger partial charge is 0.334 e. The van der Waals surface area contributed by atoms with Crippen LogP contribution in [-0.2, 0) is 41.9 Å². The first-order valence-corrected chi connectivity index (χ1v) is 28.5. The van der Waals surface area contributed by atoms with Gasteiger partial charge in [0.25, 0.3) is 23.6 Å². The van der Waals surface area contributed by atoms with Crippen molar-refractivity contribution in [3.63, 3.8) is 0 Å². The van der Waals surface area contributed by atoms with Crippen molar-refractivity contribution in [3.8, 4) is 22.5 Å². The number of unbranched alkanes of at least 4 members (excludes halogenated alkanes) is 8. The van der Waals surface area contributed by atoms with Crippen molar-refractivity contribution in [3.05, 3.63) is 156 Å². The Morgan fingerprint density at radius 2 is 0.893 bits per heavy atom. The maximum absolute atomic E-state index is 13.0. The average molecular weight is 1140 g/mol. The van der Waals surface area contributed by atoms with Gasteiger partial charge < -0.3 is 29.1 Å². The Labute approximate surface area is 486 Å². The predicted octanol–water partition coefficient (Wildman–Crippen LogP) is 10.8. The molecule has 2 fully saturated rings. The maximum Gasteiger partial charge on any atom is 0.333 e. The second kappa shape index (κ2) is 27.4. The van der Waals surface area contributed by atoms with Crippen molar-refractivity contribution in [2.24, 2.45) is 0 Å². The molecule has 2 saturated heterocycles. The molecule has 6 aromatic heterocycles. The number of fused-ring (bicyclic) bond motifs is 2. The molecule has 22 nitrogen and oxygen atoms in total. The number of carbonyl (C=O) groups is 6. The number of rotatable bonds is 24. The van der Waals surface area contributed by atoms with Crippen LogP contribution < -0.4 is 10.6 Å². The van der Waals surface area contributed by atoms with Crippen LogP contribution in [0.1, 0.15) is 146 Å². The van der Waals surface area contributed by atoms with Gasteiger partial charge in [0.1, 0.15) is 22.7 Å². The highest BCUT2D eigenvalue weighted by molar-refractivity contribution is 6.09. The lowest BCUT2D eigenvalue weighted by molar-refractivity contribution is -0.186. The van der Waals surface area contributed by atoms with Crippen LogP contribution >= 0.6 is 0 Å². The van der Waals surface area contributed by atoms with Crippen LogP contribution in [0.25, 0.3) is 33.8 Å². The van der Waals surface area contributed by atoms with Crippen molar-refractivity contribution in [2.45, 2.75) is 144 Å². The van der Waals surface area contributed by atoms with Crippen LogP contribution in [0.3, 0.4) is 0 Å². The number of hydrogen-bond acceptors (Lipinski definition) is 14. The van der Waals surface area contributed by atoms with Crippen LogP contribution in [0.5, 0.6) is 0 Å². The number of aromatic nitrogens is 10. The van der Waals surface area contributed by atoms with E-state index in [1.807, 2.05) is 127 Å². The zero-order valence-corrected chi connectivity index (χ0v) is 48.0. The predicted molar refractivity (Wildman–Crippen MR) is 314 cm³/mol. The minimum absolute atomic E-state index is 0.206. The minimum Gasteiger partial charge on any atom is -0.334 e. The van der Waals surface area contributed by atoms with Gasteiger partial charge in [-0.05, 0) is 115 Å². The number of allylic oxidation sites excluding steroid dienone is 2. The van der Waals surface area contributed by atoms with Gasteiger partial charge in [-0.1, -0.05) is 86.4 Å². The van der Waals surface area contributed by atoms with Gasteiger partial charge in [0.2, 0.25) is 0 Å². The van der Waals surface area contributed by atoms with E-state index in [1.165, 1.54) is 0 Å². The number of hydroxylamine groups is 4. The summed E-state index contributed by atoms with van der Waals surface area (Å²) in [6.07, 6.45) is 19.1. The molecule has 4 amide bonds. The molecule has 0 saturated carbocycles. The average Bonchev–Trinajstić information content (AvgIpc) is 3.87. The lowest BCUT2D eigenvalue weighted by Gasteiger charge is -2.15. The Morgan fingerprint density at radius 1 is 0.512 bits per heavy atom. The lowest BCUT2D eigenvalue weighted by atomic mass is 10.1. The maximum atomic E-state index is 13.0. The summed E-state index contributed by atoms with van der Waals surface area (Å²) in [7, 11) is 0. The third kappa shape index (κ3) is 15.1. The van der Waals surface area contributed by atoms with E-state index >= 15 is 0 Å². The summed E-state index contributed by atoms with van der Waals surface area (Å²) in [5.41, 5.74) is 11.9. The third-order valence-electron chi connectivity index (χ3n) is 14.5. The van der Waals surface area contributed by atoms with E-state index in [0.29, 0.717) is 90.3 Å². The van der Waals surface area contributed by atoms with Gasteiger partial charge >= 0.3 is 11.9 Å². The first-order chi connectivity index (χ1) is 40.6. The molecule has 2 aliphatic heterocycles. The zero-order valence-electron chi connectivity index (χ0n) is 48.0. The smallest absolute Gasteiger partial charge is 0.333 e. The van der Waals surface area contributed by atoms with Gasteiger partial charge in [-0.25, -0.2) is 19.6 Å². The summed E-state index contributed by atoms with van der Waals surface area (Å²) in [5.74, 6) is -1.64.